The van der Waals surface area contributed by atoms with E-state index in [0.29, 0.717) is 10.2 Å². The Morgan fingerprint density at radius 2 is 1.86 bits per heavy atom. The Balaban J connectivity index is 1.66. The highest BCUT2D eigenvalue weighted by Gasteiger charge is 2.17. The molecule has 1 amide bonds. The molecule has 2 aromatic heterocycles. The fraction of sp³-hybridized carbons (Fsp3) is 0.174. The molecule has 0 aliphatic carbocycles. The SMILES string of the molecule is Cc1ccc(C)c(NC(=O)Cn2cnc3sc(-c4ccccc4)c(C)c3c2=O)c1. The highest BCUT2D eigenvalue weighted by Crippen LogP contribution is 2.35. The van der Waals surface area contributed by atoms with Crippen LogP contribution >= 0.6 is 11.3 Å². The number of nitrogens with zero attached hydrogens (tertiary/aromatic N) is 2. The number of rotatable bonds is 4. The molecule has 0 aliphatic rings. The molecule has 2 heterocycles. The molecule has 5 nitrogen and oxygen atoms in total. The van der Waals surface area contributed by atoms with Crippen LogP contribution in [0, 0.1) is 20.8 Å². The number of hydrogen-bond donors (Lipinski definition) is 1. The van der Waals surface area contributed by atoms with Crippen LogP contribution in [0.25, 0.3) is 20.7 Å². The van der Waals surface area contributed by atoms with Gasteiger partial charge in [0.2, 0.25) is 5.91 Å². The van der Waals surface area contributed by atoms with E-state index in [4.69, 9.17) is 0 Å². The molecule has 0 aliphatic heterocycles. The molecule has 4 aromatic rings. The van der Waals surface area contributed by atoms with Crippen LogP contribution < -0.4 is 10.9 Å². The van der Waals surface area contributed by atoms with Crippen LogP contribution in [0.5, 0.6) is 0 Å². The predicted molar refractivity (Wildman–Crippen MR) is 119 cm³/mol. The summed E-state index contributed by atoms with van der Waals surface area (Å²) in [6.45, 7) is 5.77. The normalized spacial score (nSPS) is 11.0. The zero-order chi connectivity index (χ0) is 20.5. The van der Waals surface area contributed by atoms with E-state index in [-0.39, 0.29) is 18.0 Å². The third kappa shape index (κ3) is 3.71. The summed E-state index contributed by atoms with van der Waals surface area (Å²) in [4.78, 5) is 31.8. The smallest absolute Gasteiger partial charge is 0.262 e. The van der Waals surface area contributed by atoms with Crippen molar-refractivity contribution in [3.05, 3.63) is 81.9 Å². The molecule has 0 fully saturated rings. The zero-order valence-electron chi connectivity index (χ0n) is 16.5. The molecule has 0 unspecified atom stereocenters. The molecule has 0 saturated heterocycles. The Hall–Kier alpha value is -3.25. The lowest BCUT2D eigenvalue weighted by atomic mass is 10.1. The first-order chi connectivity index (χ1) is 13.9. The number of amides is 1. The Bertz CT molecular complexity index is 1270. The maximum Gasteiger partial charge on any atom is 0.262 e. The van der Waals surface area contributed by atoms with E-state index in [9.17, 15) is 9.59 Å². The summed E-state index contributed by atoms with van der Waals surface area (Å²) in [6.07, 6.45) is 1.46. The monoisotopic (exact) mass is 403 g/mol. The third-order valence-corrected chi connectivity index (χ3v) is 6.18. The van der Waals surface area contributed by atoms with Crippen LogP contribution in [0.15, 0.2) is 59.7 Å². The average Bonchev–Trinajstić information content (AvgIpc) is 3.05. The van der Waals surface area contributed by atoms with Crippen molar-refractivity contribution in [3.8, 4) is 10.4 Å². The Kier molecular flexibility index (Phi) is 5.03. The molecule has 6 heteroatoms. The average molecular weight is 404 g/mol. The lowest BCUT2D eigenvalue weighted by Crippen LogP contribution is -2.28. The van der Waals surface area contributed by atoms with Crippen molar-refractivity contribution in [1.29, 1.82) is 0 Å². The number of nitrogens with one attached hydrogen (secondary N) is 1. The fourth-order valence-corrected chi connectivity index (χ4v) is 4.50. The van der Waals surface area contributed by atoms with E-state index in [0.717, 1.165) is 32.8 Å². The number of carbonyl (C=O) groups excluding carboxylic acids is 1. The first kappa shape index (κ1) is 19.1. The second-order valence-corrected chi connectivity index (χ2v) is 8.15. The van der Waals surface area contributed by atoms with Crippen LogP contribution in [-0.4, -0.2) is 15.5 Å². The van der Waals surface area contributed by atoms with Gasteiger partial charge in [0, 0.05) is 10.6 Å². The largest absolute Gasteiger partial charge is 0.324 e. The molecule has 2 aromatic carbocycles. The van der Waals surface area contributed by atoms with Gasteiger partial charge < -0.3 is 5.32 Å². The first-order valence-corrected chi connectivity index (χ1v) is 10.2. The van der Waals surface area contributed by atoms with Gasteiger partial charge >= 0.3 is 0 Å². The van der Waals surface area contributed by atoms with E-state index >= 15 is 0 Å². The summed E-state index contributed by atoms with van der Waals surface area (Å²) in [7, 11) is 0. The van der Waals surface area contributed by atoms with Crippen molar-refractivity contribution < 1.29 is 4.79 Å². The van der Waals surface area contributed by atoms with Gasteiger partial charge in [0.15, 0.2) is 0 Å². The summed E-state index contributed by atoms with van der Waals surface area (Å²) in [6, 6.07) is 15.8. The minimum absolute atomic E-state index is 0.0783. The highest BCUT2D eigenvalue weighted by molar-refractivity contribution is 7.22. The molecule has 0 spiro atoms. The molecule has 29 heavy (non-hydrogen) atoms. The van der Waals surface area contributed by atoms with Crippen LogP contribution in [0.1, 0.15) is 16.7 Å². The van der Waals surface area contributed by atoms with E-state index in [1.807, 2.05) is 69.3 Å². The van der Waals surface area contributed by atoms with Crippen molar-refractivity contribution in [2.45, 2.75) is 27.3 Å². The van der Waals surface area contributed by atoms with Crippen molar-refractivity contribution in [2.24, 2.45) is 0 Å². The van der Waals surface area contributed by atoms with Crippen molar-refractivity contribution in [3.63, 3.8) is 0 Å². The van der Waals surface area contributed by atoms with Crippen molar-refractivity contribution in [1.82, 2.24) is 9.55 Å². The van der Waals surface area contributed by atoms with E-state index in [1.165, 1.54) is 22.2 Å². The van der Waals surface area contributed by atoms with Gasteiger partial charge in [-0.05, 0) is 49.1 Å². The van der Waals surface area contributed by atoms with E-state index in [1.54, 1.807) is 0 Å². The molecule has 0 saturated carbocycles. The van der Waals surface area contributed by atoms with Crippen molar-refractivity contribution >= 4 is 33.1 Å². The number of hydrogen-bond acceptors (Lipinski definition) is 4. The summed E-state index contributed by atoms with van der Waals surface area (Å²) in [5, 5.41) is 3.48. The minimum atomic E-state index is -0.252. The summed E-state index contributed by atoms with van der Waals surface area (Å²) < 4.78 is 1.37. The summed E-state index contributed by atoms with van der Waals surface area (Å²) >= 11 is 1.50. The van der Waals surface area contributed by atoms with Crippen LogP contribution in [-0.2, 0) is 11.3 Å². The molecule has 146 valence electrons. The van der Waals surface area contributed by atoms with Gasteiger partial charge in [-0.3, -0.25) is 14.2 Å². The third-order valence-electron chi connectivity index (χ3n) is 4.93. The van der Waals surface area contributed by atoms with Crippen LogP contribution in [0.2, 0.25) is 0 Å². The number of fused-ring (bicyclic) bond motifs is 1. The maximum absolute atomic E-state index is 13.1. The topological polar surface area (TPSA) is 64.0 Å². The Morgan fingerprint density at radius 3 is 2.62 bits per heavy atom. The van der Waals surface area contributed by atoms with Gasteiger partial charge in [0.25, 0.3) is 5.56 Å². The summed E-state index contributed by atoms with van der Waals surface area (Å²) in [5.41, 5.74) is 4.57. The lowest BCUT2D eigenvalue weighted by Gasteiger charge is -2.10. The number of benzene rings is 2. The van der Waals surface area contributed by atoms with Crippen LogP contribution in [0.3, 0.4) is 0 Å². The number of carbonyl (C=O) groups is 1. The number of anilines is 1. The molecule has 0 bridgehead atoms. The lowest BCUT2D eigenvalue weighted by molar-refractivity contribution is -0.116. The van der Waals surface area contributed by atoms with Gasteiger partial charge in [-0.1, -0.05) is 42.5 Å². The van der Waals surface area contributed by atoms with Crippen molar-refractivity contribution in [2.75, 3.05) is 5.32 Å². The zero-order valence-corrected chi connectivity index (χ0v) is 17.3. The summed E-state index contributed by atoms with van der Waals surface area (Å²) in [5.74, 6) is -0.252. The van der Waals surface area contributed by atoms with Crippen LogP contribution in [0.4, 0.5) is 5.69 Å². The first-order valence-electron chi connectivity index (χ1n) is 9.35. The molecule has 1 N–H and O–H groups in total. The second kappa shape index (κ2) is 7.64. The highest BCUT2D eigenvalue weighted by atomic mass is 32.1. The molecule has 0 atom stereocenters. The van der Waals surface area contributed by atoms with Gasteiger partial charge in [-0.25, -0.2) is 4.98 Å². The standard InChI is InChI=1S/C23H21N3O2S/c1-14-9-10-15(2)18(11-14)25-19(27)12-26-13-24-22-20(23(26)28)16(3)21(29-22)17-7-5-4-6-8-17/h4-11,13H,12H2,1-3H3,(H,25,27). The maximum atomic E-state index is 13.1. The molecule has 0 radical (unpaired) electrons. The molecular weight excluding hydrogens is 382 g/mol. The molecule has 4 rings (SSSR count). The van der Waals surface area contributed by atoms with Gasteiger partial charge in [0.1, 0.15) is 11.4 Å². The van der Waals surface area contributed by atoms with E-state index < -0.39 is 0 Å². The number of aromatic nitrogens is 2. The fourth-order valence-electron chi connectivity index (χ4n) is 3.35. The Morgan fingerprint density at radius 1 is 1.10 bits per heavy atom. The van der Waals surface area contributed by atoms with Gasteiger partial charge in [-0.2, -0.15) is 0 Å². The predicted octanol–water partition coefficient (Wildman–Crippen LogP) is 4.69. The number of thiophene rings is 1. The Labute approximate surface area is 172 Å². The van der Waals surface area contributed by atoms with Gasteiger partial charge in [0.05, 0.1) is 11.7 Å². The molecular formula is C23H21N3O2S. The van der Waals surface area contributed by atoms with E-state index in [2.05, 4.69) is 10.3 Å². The quantitative estimate of drug-likeness (QED) is 0.538. The minimum Gasteiger partial charge on any atom is -0.324 e. The second-order valence-electron chi connectivity index (χ2n) is 7.15. The van der Waals surface area contributed by atoms with Gasteiger partial charge in [-0.15, -0.1) is 11.3 Å². The number of aryl methyl sites for hydroxylation is 3.